The third-order valence-electron chi connectivity index (χ3n) is 3.02. The van der Waals surface area contributed by atoms with Crippen LogP contribution in [-0.2, 0) is 14.3 Å². The van der Waals surface area contributed by atoms with Gasteiger partial charge in [0.2, 0.25) is 5.91 Å². The summed E-state index contributed by atoms with van der Waals surface area (Å²) in [5, 5.41) is 0. The van der Waals surface area contributed by atoms with Crippen molar-refractivity contribution in [3.8, 4) is 0 Å². The lowest BCUT2D eigenvalue weighted by molar-refractivity contribution is -0.168. The van der Waals surface area contributed by atoms with Crippen molar-refractivity contribution >= 4 is 5.91 Å². The van der Waals surface area contributed by atoms with Gasteiger partial charge in [0.05, 0.1) is 31.8 Å². The zero-order chi connectivity index (χ0) is 15.4. The Morgan fingerprint density at radius 1 is 1.45 bits per heavy atom. The number of halogens is 4. The zero-order valence-electron chi connectivity index (χ0n) is 11.5. The highest BCUT2D eigenvalue weighted by molar-refractivity contribution is 5.77. The van der Waals surface area contributed by atoms with Crippen molar-refractivity contribution in [2.45, 2.75) is 38.2 Å². The molecule has 0 spiro atoms. The molecule has 0 radical (unpaired) electrons. The third kappa shape index (κ3) is 4.59. The topological polar surface area (TPSA) is 38.8 Å². The van der Waals surface area contributed by atoms with E-state index in [0.29, 0.717) is 19.8 Å². The first-order valence-corrected chi connectivity index (χ1v) is 6.29. The van der Waals surface area contributed by atoms with Crippen LogP contribution in [0.25, 0.3) is 0 Å². The Labute approximate surface area is 115 Å². The molecule has 0 aromatic heterocycles. The van der Waals surface area contributed by atoms with Gasteiger partial charge in [-0.3, -0.25) is 4.79 Å². The van der Waals surface area contributed by atoms with E-state index >= 15 is 0 Å². The van der Waals surface area contributed by atoms with E-state index in [2.05, 4.69) is 4.74 Å². The molecular formula is C12H19F4NO3. The summed E-state index contributed by atoms with van der Waals surface area (Å²) in [4.78, 5) is 13.5. The highest BCUT2D eigenvalue weighted by Crippen LogP contribution is 2.23. The van der Waals surface area contributed by atoms with Gasteiger partial charge in [-0.05, 0) is 13.8 Å². The van der Waals surface area contributed by atoms with Gasteiger partial charge in [-0.15, -0.1) is 0 Å². The number of carbonyl (C=O) groups is 1. The maximum absolute atomic E-state index is 12.6. The van der Waals surface area contributed by atoms with Crippen LogP contribution in [0.1, 0.15) is 20.3 Å². The molecule has 0 aliphatic carbocycles. The van der Waals surface area contributed by atoms with Crippen molar-refractivity contribution in [2.24, 2.45) is 0 Å². The predicted molar refractivity (Wildman–Crippen MR) is 63.0 cm³/mol. The van der Waals surface area contributed by atoms with E-state index in [9.17, 15) is 22.4 Å². The molecule has 1 amide bonds. The van der Waals surface area contributed by atoms with E-state index in [0.717, 1.165) is 0 Å². The molecule has 20 heavy (non-hydrogen) atoms. The lowest BCUT2D eigenvalue weighted by Gasteiger charge is -2.42. The van der Waals surface area contributed by atoms with Crippen molar-refractivity contribution in [1.29, 1.82) is 0 Å². The maximum atomic E-state index is 12.6. The summed E-state index contributed by atoms with van der Waals surface area (Å²) in [6.07, 6.45) is -3.89. The van der Waals surface area contributed by atoms with Crippen LogP contribution in [0.2, 0.25) is 0 Å². The SMILES string of the molecule is CC1(C)COCCN1C(=O)CCOCC(F)(F)C(F)F. The van der Waals surface area contributed by atoms with Crippen LogP contribution in [0, 0.1) is 0 Å². The van der Waals surface area contributed by atoms with Gasteiger partial charge in [0.25, 0.3) is 0 Å². The van der Waals surface area contributed by atoms with Gasteiger partial charge in [0, 0.05) is 6.54 Å². The van der Waals surface area contributed by atoms with Gasteiger partial charge in [-0.25, -0.2) is 8.78 Å². The van der Waals surface area contributed by atoms with E-state index < -0.39 is 24.5 Å². The van der Waals surface area contributed by atoms with E-state index in [1.165, 1.54) is 0 Å². The number of ether oxygens (including phenoxy) is 2. The summed E-state index contributed by atoms with van der Waals surface area (Å²) in [7, 11) is 0. The van der Waals surface area contributed by atoms with Gasteiger partial charge in [0.15, 0.2) is 0 Å². The molecule has 0 aromatic carbocycles. The number of hydrogen-bond donors (Lipinski definition) is 0. The molecule has 1 rings (SSSR count). The van der Waals surface area contributed by atoms with Crippen molar-refractivity contribution in [1.82, 2.24) is 4.90 Å². The van der Waals surface area contributed by atoms with Crippen LogP contribution in [-0.4, -0.2) is 61.7 Å². The molecule has 1 saturated heterocycles. The predicted octanol–water partition coefficient (Wildman–Crippen LogP) is 1.93. The number of nitrogens with zero attached hydrogens (tertiary/aromatic N) is 1. The Bertz CT molecular complexity index is 337. The van der Waals surface area contributed by atoms with Crippen molar-refractivity contribution < 1.29 is 31.8 Å². The summed E-state index contributed by atoms with van der Waals surface area (Å²) in [5.74, 6) is -4.44. The molecule has 0 saturated carbocycles. The van der Waals surface area contributed by atoms with Crippen molar-refractivity contribution in [2.75, 3.05) is 33.0 Å². The molecule has 0 aromatic rings. The second kappa shape index (κ2) is 6.71. The highest BCUT2D eigenvalue weighted by Gasteiger charge is 2.41. The number of carbonyl (C=O) groups excluding carboxylic acids is 1. The minimum Gasteiger partial charge on any atom is -0.377 e. The van der Waals surface area contributed by atoms with Gasteiger partial charge < -0.3 is 14.4 Å². The standard InChI is InChI=1S/C12H19F4NO3/c1-11(2)7-20-6-4-17(11)9(18)3-5-19-8-12(15,16)10(13)14/h10H,3-8H2,1-2H3. The second-order valence-electron chi connectivity index (χ2n) is 5.27. The van der Waals surface area contributed by atoms with E-state index in [1.807, 2.05) is 13.8 Å². The molecule has 0 atom stereocenters. The Balaban J connectivity index is 2.33. The molecule has 1 heterocycles. The molecule has 0 bridgehead atoms. The fraction of sp³-hybridized carbons (Fsp3) is 0.917. The van der Waals surface area contributed by atoms with Crippen LogP contribution < -0.4 is 0 Å². The van der Waals surface area contributed by atoms with Crippen LogP contribution >= 0.6 is 0 Å². The molecule has 1 fully saturated rings. The quantitative estimate of drug-likeness (QED) is 0.556. The minimum absolute atomic E-state index is 0.122. The molecule has 1 aliphatic rings. The van der Waals surface area contributed by atoms with E-state index in [1.54, 1.807) is 4.90 Å². The summed E-state index contributed by atoms with van der Waals surface area (Å²) in [5.41, 5.74) is -0.470. The first kappa shape index (κ1) is 17.2. The Hall–Kier alpha value is -0.890. The molecule has 0 unspecified atom stereocenters. The van der Waals surface area contributed by atoms with Crippen molar-refractivity contribution in [3.63, 3.8) is 0 Å². The van der Waals surface area contributed by atoms with Crippen LogP contribution in [0.15, 0.2) is 0 Å². The summed E-state index contributed by atoms with van der Waals surface area (Å²) < 4.78 is 58.6. The monoisotopic (exact) mass is 301 g/mol. The summed E-state index contributed by atoms with van der Waals surface area (Å²) in [6, 6.07) is 0. The van der Waals surface area contributed by atoms with Crippen LogP contribution in [0.3, 0.4) is 0 Å². The smallest absolute Gasteiger partial charge is 0.330 e. The van der Waals surface area contributed by atoms with Gasteiger partial charge in [-0.1, -0.05) is 0 Å². The average Bonchev–Trinajstić information content (AvgIpc) is 2.33. The maximum Gasteiger partial charge on any atom is 0.330 e. The summed E-state index contributed by atoms with van der Waals surface area (Å²) in [6.45, 7) is 3.19. The molecular weight excluding hydrogens is 282 g/mol. The largest absolute Gasteiger partial charge is 0.377 e. The summed E-state index contributed by atoms with van der Waals surface area (Å²) >= 11 is 0. The Kier molecular flexibility index (Phi) is 5.76. The number of rotatable bonds is 6. The average molecular weight is 301 g/mol. The second-order valence-corrected chi connectivity index (χ2v) is 5.27. The fourth-order valence-corrected chi connectivity index (χ4v) is 1.89. The molecule has 4 nitrogen and oxygen atoms in total. The van der Waals surface area contributed by atoms with E-state index in [-0.39, 0.29) is 18.9 Å². The normalized spacial score (nSPS) is 19.4. The minimum atomic E-state index is -4.18. The highest BCUT2D eigenvalue weighted by atomic mass is 19.3. The van der Waals surface area contributed by atoms with E-state index in [4.69, 9.17) is 4.74 Å². The molecule has 1 aliphatic heterocycles. The Morgan fingerprint density at radius 2 is 2.10 bits per heavy atom. The lowest BCUT2D eigenvalue weighted by Crippen LogP contribution is -2.55. The van der Waals surface area contributed by atoms with Crippen LogP contribution in [0.4, 0.5) is 17.6 Å². The zero-order valence-corrected chi connectivity index (χ0v) is 11.5. The van der Waals surface area contributed by atoms with Crippen LogP contribution in [0.5, 0.6) is 0 Å². The van der Waals surface area contributed by atoms with Gasteiger partial charge in [0.1, 0.15) is 6.61 Å². The molecule has 8 heteroatoms. The lowest BCUT2D eigenvalue weighted by atomic mass is 10.0. The fourth-order valence-electron chi connectivity index (χ4n) is 1.89. The first-order valence-electron chi connectivity index (χ1n) is 6.29. The number of alkyl halides is 4. The Morgan fingerprint density at radius 3 is 2.65 bits per heavy atom. The van der Waals surface area contributed by atoms with Gasteiger partial charge in [-0.2, -0.15) is 8.78 Å². The molecule has 118 valence electrons. The number of hydrogen-bond acceptors (Lipinski definition) is 3. The number of morpholine rings is 1. The van der Waals surface area contributed by atoms with Gasteiger partial charge >= 0.3 is 12.3 Å². The first-order chi connectivity index (χ1) is 9.17. The van der Waals surface area contributed by atoms with Crippen molar-refractivity contribution in [3.05, 3.63) is 0 Å². The third-order valence-corrected chi connectivity index (χ3v) is 3.02. The number of amides is 1. The molecule has 0 N–H and O–H groups in total.